The van der Waals surface area contributed by atoms with E-state index in [1.807, 2.05) is 0 Å². The van der Waals surface area contributed by atoms with Gasteiger partial charge in [-0.3, -0.25) is 14.4 Å². The van der Waals surface area contributed by atoms with Crippen LogP contribution in [-0.2, 0) is 19.3 Å². The van der Waals surface area contributed by atoms with Gasteiger partial charge in [0.25, 0.3) is 5.91 Å². The Morgan fingerprint density at radius 1 is 1.06 bits per heavy atom. The van der Waals surface area contributed by atoms with E-state index in [0.717, 1.165) is 36.8 Å². The SMILES string of the molecule is Cc1ccc(CN2CCCN(C(=O)c3cc(Cn4ccc(C(F)(F)F)n4)on3)CC2)cc1. The number of rotatable bonds is 5. The number of carbonyl (C=O) groups is 1. The van der Waals surface area contributed by atoms with E-state index in [-0.39, 0.29) is 23.9 Å². The Labute approximate surface area is 183 Å². The Bertz CT molecular complexity index is 1060. The zero-order chi connectivity index (χ0) is 22.7. The lowest BCUT2D eigenvalue weighted by atomic mass is 10.1. The molecule has 1 aliphatic rings. The third-order valence-electron chi connectivity index (χ3n) is 5.43. The molecule has 1 fully saturated rings. The first-order valence-corrected chi connectivity index (χ1v) is 10.4. The second-order valence-electron chi connectivity index (χ2n) is 7.98. The van der Waals surface area contributed by atoms with E-state index >= 15 is 0 Å². The summed E-state index contributed by atoms with van der Waals surface area (Å²) in [6.45, 7) is 5.67. The minimum absolute atomic E-state index is 0.0410. The smallest absolute Gasteiger partial charge is 0.359 e. The first kappa shape index (κ1) is 22.1. The summed E-state index contributed by atoms with van der Waals surface area (Å²) in [6, 6.07) is 10.8. The standard InChI is InChI=1S/C22H24F3N5O2/c1-16-3-5-17(6-4-16)14-28-8-2-9-29(12-11-28)21(31)19-13-18(32-27-19)15-30-10-7-20(26-30)22(23,24)25/h3-7,10,13H,2,8-9,11-12,14-15H2,1H3. The van der Waals surface area contributed by atoms with E-state index in [9.17, 15) is 18.0 Å². The zero-order valence-corrected chi connectivity index (χ0v) is 17.7. The van der Waals surface area contributed by atoms with E-state index in [4.69, 9.17) is 4.52 Å². The summed E-state index contributed by atoms with van der Waals surface area (Å²) in [5.41, 5.74) is 1.63. The molecule has 7 nitrogen and oxygen atoms in total. The first-order chi connectivity index (χ1) is 15.3. The molecule has 32 heavy (non-hydrogen) atoms. The highest BCUT2D eigenvalue weighted by molar-refractivity contribution is 5.92. The summed E-state index contributed by atoms with van der Waals surface area (Å²) in [5, 5.41) is 7.31. The molecular weight excluding hydrogens is 423 g/mol. The minimum Gasteiger partial charge on any atom is -0.359 e. The quantitative estimate of drug-likeness (QED) is 0.598. The van der Waals surface area contributed by atoms with Gasteiger partial charge in [0.15, 0.2) is 17.1 Å². The van der Waals surface area contributed by atoms with Gasteiger partial charge in [0.1, 0.15) is 6.54 Å². The molecule has 4 rings (SSSR count). The van der Waals surface area contributed by atoms with Gasteiger partial charge in [0, 0.05) is 45.0 Å². The zero-order valence-electron chi connectivity index (χ0n) is 17.7. The summed E-state index contributed by atoms with van der Waals surface area (Å²) in [6.07, 6.45) is -2.45. The van der Waals surface area contributed by atoms with Gasteiger partial charge in [-0.1, -0.05) is 35.0 Å². The van der Waals surface area contributed by atoms with E-state index in [1.54, 1.807) is 4.90 Å². The van der Waals surface area contributed by atoms with Gasteiger partial charge < -0.3 is 9.42 Å². The van der Waals surface area contributed by atoms with Crippen molar-refractivity contribution in [2.45, 2.75) is 32.6 Å². The fourth-order valence-electron chi connectivity index (χ4n) is 3.69. The van der Waals surface area contributed by atoms with Gasteiger partial charge >= 0.3 is 6.18 Å². The maximum absolute atomic E-state index is 12.9. The van der Waals surface area contributed by atoms with Crippen LogP contribution in [0, 0.1) is 6.92 Å². The molecule has 0 unspecified atom stereocenters. The van der Waals surface area contributed by atoms with E-state index in [0.29, 0.717) is 13.1 Å². The van der Waals surface area contributed by atoms with Crippen LogP contribution in [0.1, 0.15) is 39.5 Å². The second-order valence-corrected chi connectivity index (χ2v) is 7.98. The number of halogens is 3. The molecule has 0 saturated carbocycles. The average molecular weight is 447 g/mol. The van der Waals surface area contributed by atoms with Crippen LogP contribution in [-0.4, -0.2) is 56.8 Å². The normalized spacial score (nSPS) is 15.7. The highest BCUT2D eigenvalue weighted by Gasteiger charge is 2.33. The van der Waals surface area contributed by atoms with Crippen LogP contribution in [0.15, 0.2) is 47.1 Å². The van der Waals surface area contributed by atoms with E-state index < -0.39 is 11.9 Å². The molecule has 2 aromatic heterocycles. The third-order valence-corrected chi connectivity index (χ3v) is 5.43. The molecule has 0 N–H and O–H groups in total. The lowest BCUT2D eigenvalue weighted by Crippen LogP contribution is -2.35. The minimum atomic E-state index is -4.51. The van der Waals surface area contributed by atoms with Crippen molar-refractivity contribution in [3.05, 3.63) is 70.9 Å². The number of nitrogens with zero attached hydrogens (tertiary/aromatic N) is 5. The number of alkyl halides is 3. The lowest BCUT2D eigenvalue weighted by molar-refractivity contribution is -0.141. The van der Waals surface area contributed by atoms with Crippen LogP contribution >= 0.6 is 0 Å². The Kier molecular flexibility index (Phi) is 6.31. The molecule has 0 aliphatic carbocycles. The van der Waals surface area contributed by atoms with E-state index in [1.165, 1.54) is 23.4 Å². The van der Waals surface area contributed by atoms with Gasteiger partial charge in [0.05, 0.1) is 0 Å². The van der Waals surface area contributed by atoms with Crippen molar-refractivity contribution in [3.63, 3.8) is 0 Å². The predicted molar refractivity (Wildman–Crippen MR) is 110 cm³/mol. The van der Waals surface area contributed by atoms with Crippen LogP contribution in [0.5, 0.6) is 0 Å². The van der Waals surface area contributed by atoms with Crippen LogP contribution < -0.4 is 0 Å². The van der Waals surface area contributed by atoms with Crippen LogP contribution in [0.4, 0.5) is 13.2 Å². The molecular formula is C22H24F3N5O2. The number of aromatic nitrogens is 3. The molecule has 0 bridgehead atoms. The maximum Gasteiger partial charge on any atom is 0.435 e. The molecule has 0 spiro atoms. The topological polar surface area (TPSA) is 67.4 Å². The van der Waals surface area contributed by atoms with Gasteiger partial charge in [-0.25, -0.2) is 0 Å². The predicted octanol–water partition coefficient (Wildman–Crippen LogP) is 3.59. The summed E-state index contributed by atoms with van der Waals surface area (Å²) >= 11 is 0. The number of carbonyl (C=O) groups excluding carboxylic acids is 1. The number of hydrogen-bond acceptors (Lipinski definition) is 5. The summed E-state index contributed by atoms with van der Waals surface area (Å²) in [4.78, 5) is 16.9. The van der Waals surface area contributed by atoms with Crippen molar-refractivity contribution in [1.82, 2.24) is 24.7 Å². The van der Waals surface area contributed by atoms with Gasteiger partial charge in [-0.2, -0.15) is 18.3 Å². The Hall–Kier alpha value is -3.14. The molecule has 0 radical (unpaired) electrons. The van der Waals surface area contributed by atoms with Crippen molar-refractivity contribution in [2.24, 2.45) is 0 Å². The number of hydrogen-bond donors (Lipinski definition) is 0. The molecule has 0 atom stereocenters. The second kappa shape index (κ2) is 9.15. The van der Waals surface area contributed by atoms with Gasteiger partial charge in [-0.05, 0) is 25.0 Å². The Balaban J connectivity index is 1.34. The van der Waals surface area contributed by atoms with Crippen LogP contribution in [0.25, 0.3) is 0 Å². The van der Waals surface area contributed by atoms with Gasteiger partial charge in [-0.15, -0.1) is 0 Å². The van der Waals surface area contributed by atoms with Crippen molar-refractivity contribution < 1.29 is 22.5 Å². The molecule has 3 aromatic rings. The molecule has 10 heteroatoms. The van der Waals surface area contributed by atoms with E-state index in [2.05, 4.69) is 46.3 Å². The molecule has 1 aliphatic heterocycles. The van der Waals surface area contributed by atoms with Crippen molar-refractivity contribution in [3.8, 4) is 0 Å². The molecule has 1 saturated heterocycles. The fourth-order valence-corrected chi connectivity index (χ4v) is 3.69. The van der Waals surface area contributed by atoms with Crippen LogP contribution in [0.2, 0.25) is 0 Å². The number of amides is 1. The highest BCUT2D eigenvalue weighted by Crippen LogP contribution is 2.27. The van der Waals surface area contributed by atoms with Crippen LogP contribution in [0.3, 0.4) is 0 Å². The summed E-state index contributed by atoms with van der Waals surface area (Å²) in [7, 11) is 0. The average Bonchev–Trinajstić information content (AvgIpc) is 3.35. The maximum atomic E-state index is 12.9. The lowest BCUT2D eigenvalue weighted by Gasteiger charge is -2.21. The number of benzene rings is 1. The largest absolute Gasteiger partial charge is 0.435 e. The number of aryl methyl sites for hydroxylation is 1. The van der Waals surface area contributed by atoms with Crippen molar-refractivity contribution >= 4 is 5.91 Å². The summed E-state index contributed by atoms with van der Waals surface area (Å²) < 4.78 is 44.3. The molecule has 1 aromatic carbocycles. The van der Waals surface area contributed by atoms with Crippen molar-refractivity contribution in [2.75, 3.05) is 26.2 Å². The summed E-state index contributed by atoms with van der Waals surface area (Å²) in [5.74, 6) is 0.0228. The first-order valence-electron chi connectivity index (χ1n) is 10.4. The van der Waals surface area contributed by atoms with Gasteiger partial charge in [0.2, 0.25) is 0 Å². The Morgan fingerprint density at radius 2 is 1.84 bits per heavy atom. The Morgan fingerprint density at radius 3 is 2.56 bits per heavy atom. The van der Waals surface area contributed by atoms with Crippen molar-refractivity contribution in [1.29, 1.82) is 0 Å². The molecule has 1 amide bonds. The highest BCUT2D eigenvalue weighted by atomic mass is 19.4. The monoisotopic (exact) mass is 447 g/mol. The molecule has 3 heterocycles. The molecule has 170 valence electrons. The fraction of sp³-hybridized carbons (Fsp3) is 0.409. The third kappa shape index (κ3) is 5.37.